The van der Waals surface area contributed by atoms with Crippen LogP contribution < -0.4 is 0 Å². The van der Waals surface area contributed by atoms with Crippen molar-refractivity contribution in [3.05, 3.63) is 89.0 Å². The standard InChI is InChI=1S/C21H18O3/c22-13-16-6-7-20(18(12-16)14-23)17-8-10-21(15-24,11-9-17)19-4-2-1-3-5-19/h1-10,12-13,15,23H,11,14H2. The van der Waals surface area contributed by atoms with Crippen molar-refractivity contribution in [3.63, 3.8) is 0 Å². The van der Waals surface area contributed by atoms with Crippen LogP contribution in [0.3, 0.4) is 0 Å². The number of aldehydes is 2. The first-order valence-corrected chi connectivity index (χ1v) is 7.83. The van der Waals surface area contributed by atoms with Crippen molar-refractivity contribution in [1.29, 1.82) is 0 Å². The maximum atomic E-state index is 11.8. The molecule has 0 spiro atoms. The third-order valence-electron chi connectivity index (χ3n) is 4.49. The lowest BCUT2D eigenvalue weighted by molar-refractivity contribution is -0.111. The number of hydrogen-bond acceptors (Lipinski definition) is 3. The fraction of sp³-hybridized carbons (Fsp3) is 0.143. The third-order valence-corrected chi connectivity index (χ3v) is 4.49. The van der Waals surface area contributed by atoms with Gasteiger partial charge in [-0.1, -0.05) is 60.7 Å². The molecule has 0 aliphatic heterocycles. The summed E-state index contributed by atoms with van der Waals surface area (Å²) in [5.41, 5.74) is 3.39. The second-order valence-electron chi connectivity index (χ2n) is 5.91. The molecule has 24 heavy (non-hydrogen) atoms. The normalized spacial score (nSPS) is 19.6. The number of rotatable bonds is 5. The van der Waals surface area contributed by atoms with Gasteiger partial charge in [0.2, 0.25) is 0 Å². The van der Waals surface area contributed by atoms with Crippen LogP contribution in [0.15, 0.2) is 66.8 Å². The molecule has 0 aromatic heterocycles. The number of carbonyl (C=O) groups is 2. The van der Waals surface area contributed by atoms with Crippen molar-refractivity contribution in [2.45, 2.75) is 18.4 Å². The van der Waals surface area contributed by atoms with Crippen molar-refractivity contribution < 1.29 is 14.7 Å². The average molecular weight is 318 g/mol. The maximum Gasteiger partial charge on any atom is 0.150 e. The van der Waals surface area contributed by atoms with E-state index in [9.17, 15) is 14.7 Å². The van der Waals surface area contributed by atoms with E-state index in [2.05, 4.69) is 0 Å². The predicted molar refractivity (Wildman–Crippen MR) is 93.7 cm³/mol. The summed E-state index contributed by atoms with van der Waals surface area (Å²) in [4.78, 5) is 22.7. The molecule has 3 heteroatoms. The van der Waals surface area contributed by atoms with Gasteiger partial charge in [0.15, 0.2) is 0 Å². The molecule has 2 aromatic carbocycles. The third kappa shape index (κ3) is 2.86. The molecule has 1 atom stereocenters. The Bertz CT molecular complexity index is 818. The predicted octanol–water partition coefficient (Wildman–Crippen LogP) is 3.47. The highest BCUT2D eigenvalue weighted by atomic mass is 16.3. The van der Waals surface area contributed by atoms with Crippen molar-refractivity contribution in [1.82, 2.24) is 0 Å². The van der Waals surface area contributed by atoms with Crippen LogP contribution in [0.25, 0.3) is 5.57 Å². The van der Waals surface area contributed by atoms with Gasteiger partial charge < -0.3 is 9.90 Å². The molecular formula is C21H18O3. The van der Waals surface area contributed by atoms with Crippen LogP contribution in [0.1, 0.15) is 33.5 Å². The van der Waals surface area contributed by atoms with Crippen molar-refractivity contribution >= 4 is 18.1 Å². The minimum atomic E-state index is -0.646. The molecule has 0 saturated heterocycles. The fourth-order valence-electron chi connectivity index (χ4n) is 3.07. The zero-order chi connectivity index (χ0) is 17.0. The Morgan fingerprint density at radius 2 is 1.88 bits per heavy atom. The first-order valence-electron chi connectivity index (χ1n) is 7.83. The van der Waals surface area contributed by atoms with E-state index in [-0.39, 0.29) is 6.61 Å². The largest absolute Gasteiger partial charge is 0.392 e. The van der Waals surface area contributed by atoms with Gasteiger partial charge in [-0.05, 0) is 34.8 Å². The van der Waals surface area contributed by atoms with Gasteiger partial charge in [0.25, 0.3) is 0 Å². The van der Waals surface area contributed by atoms with E-state index in [1.165, 1.54) is 0 Å². The summed E-state index contributed by atoms with van der Waals surface area (Å²) in [5, 5.41) is 9.57. The molecule has 0 heterocycles. The van der Waals surface area contributed by atoms with Gasteiger partial charge in [-0.25, -0.2) is 0 Å². The van der Waals surface area contributed by atoms with E-state index in [0.29, 0.717) is 17.5 Å². The van der Waals surface area contributed by atoms with Gasteiger partial charge in [0.05, 0.1) is 12.0 Å². The summed E-state index contributed by atoms with van der Waals surface area (Å²) in [7, 11) is 0. The van der Waals surface area contributed by atoms with Crippen LogP contribution in [0, 0.1) is 0 Å². The molecule has 0 bridgehead atoms. The molecular weight excluding hydrogens is 300 g/mol. The number of aliphatic hydroxyl groups excluding tert-OH is 1. The molecule has 3 nitrogen and oxygen atoms in total. The van der Waals surface area contributed by atoms with Crippen LogP contribution in [0.4, 0.5) is 0 Å². The van der Waals surface area contributed by atoms with E-state index in [4.69, 9.17) is 0 Å². The van der Waals surface area contributed by atoms with Crippen LogP contribution in [0.5, 0.6) is 0 Å². The zero-order valence-corrected chi connectivity index (χ0v) is 13.2. The Kier molecular flexibility index (Phi) is 4.54. The van der Waals surface area contributed by atoms with Crippen LogP contribution >= 0.6 is 0 Å². The summed E-state index contributed by atoms with van der Waals surface area (Å²) < 4.78 is 0. The molecule has 2 aromatic rings. The summed E-state index contributed by atoms with van der Waals surface area (Å²) in [6, 6.07) is 14.9. The molecule has 3 rings (SSSR count). The van der Waals surface area contributed by atoms with Crippen molar-refractivity contribution in [2.75, 3.05) is 0 Å². The second kappa shape index (κ2) is 6.77. The van der Waals surface area contributed by atoms with Crippen molar-refractivity contribution in [3.8, 4) is 0 Å². The maximum absolute atomic E-state index is 11.8. The molecule has 1 unspecified atom stereocenters. The molecule has 0 amide bonds. The average Bonchev–Trinajstić information content (AvgIpc) is 2.68. The Balaban J connectivity index is 1.95. The van der Waals surface area contributed by atoms with E-state index in [0.717, 1.165) is 29.3 Å². The lowest BCUT2D eigenvalue weighted by Crippen LogP contribution is -2.26. The van der Waals surface area contributed by atoms with Gasteiger partial charge in [-0.15, -0.1) is 0 Å². The Labute approximate surface area is 141 Å². The SMILES string of the molecule is O=Cc1ccc(C2=CCC(C=O)(c3ccccc3)C=C2)c(CO)c1. The van der Waals surface area contributed by atoms with Crippen molar-refractivity contribution in [2.24, 2.45) is 0 Å². The van der Waals surface area contributed by atoms with E-state index >= 15 is 0 Å². The monoisotopic (exact) mass is 318 g/mol. The smallest absolute Gasteiger partial charge is 0.150 e. The zero-order valence-electron chi connectivity index (χ0n) is 13.2. The highest BCUT2D eigenvalue weighted by molar-refractivity contribution is 5.84. The molecule has 0 radical (unpaired) electrons. The van der Waals surface area contributed by atoms with Crippen LogP contribution in [-0.4, -0.2) is 17.7 Å². The Morgan fingerprint density at radius 3 is 2.46 bits per heavy atom. The van der Waals surface area contributed by atoms with Gasteiger partial charge in [-0.2, -0.15) is 0 Å². The molecule has 0 fully saturated rings. The first kappa shape index (κ1) is 16.1. The number of hydrogen-bond donors (Lipinski definition) is 1. The minimum absolute atomic E-state index is 0.139. The Hall–Kier alpha value is -2.78. The van der Waals surface area contributed by atoms with Gasteiger partial charge >= 0.3 is 0 Å². The molecule has 0 saturated carbocycles. The number of benzene rings is 2. The summed E-state index contributed by atoms with van der Waals surface area (Å²) in [6.07, 6.45) is 8.15. The second-order valence-corrected chi connectivity index (χ2v) is 5.91. The van der Waals surface area contributed by atoms with Gasteiger partial charge in [0, 0.05) is 5.56 Å². The highest BCUT2D eigenvalue weighted by Crippen LogP contribution is 2.35. The van der Waals surface area contributed by atoms with E-state index in [1.807, 2.05) is 54.6 Å². The highest BCUT2D eigenvalue weighted by Gasteiger charge is 2.30. The summed E-state index contributed by atoms with van der Waals surface area (Å²) in [6.45, 7) is -0.139. The van der Waals surface area contributed by atoms with Crippen LogP contribution in [0.2, 0.25) is 0 Å². The molecule has 1 N–H and O–H groups in total. The summed E-state index contributed by atoms with van der Waals surface area (Å²) in [5.74, 6) is 0. The van der Waals surface area contributed by atoms with E-state index < -0.39 is 5.41 Å². The van der Waals surface area contributed by atoms with Crippen LogP contribution in [-0.2, 0) is 16.8 Å². The first-order chi connectivity index (χ1) is 11.7. The van der Waals surface area contributed by atoms with Gasteiger partial charge in [-0.3, -0.25) is 4.79 Å². The van der Waals surface area contributed by atoms with E-state index in [1.54, 1.807) is 12.1 Å². The molecule has 1 aliphatic carbocycles. The molecule has 120 valence electrons. The fourth-order valence-corrected chi connectivity index (χ4v) is 3.07. The topological polar surface area (TPSA) is 54.4 Å². The number of carbonyl (C=O) groups excluding carboxylic acids is 2. The lowest BCUT2D eigenvalue weighted by Gasteiger charge is -2.27. The lowest BCUT2D eigenvalue weighted by atomic mass is 9.75. The number of aliphatic hydroxyl groups is 1. The quantitative estimate of drug-likeness (QED) is 0.859. The number of allylic oxidation sites excluding steroid dienone is 4. The molecule has 1 aliphatic rings. The Morgan fingerprint density at radius 1 is 1.08 bits per heavy atom. The summed E-state index contributed by atoms with van der Waals surface area (Å²) >= 11 is 0. The minimum Gasteiger partial charge on any atom is -0.392 e. The van der Waals surface area contributed by atoms with Gasteiger partial charge in [0.1, 0.15) is 12.6 Å².